The maximum Gasteiger partial charge on any atom is 0.326 e. The van der Waals surface area contributed by atoms with Gasteiger partial charge < -0.3 is 20.1 Å². The summed E-state index contributed by atoms with van der Waals surface area (Å²) in [5.41, 5.74) is -0.539. The number of nitrogens with one attached hydrogen (secondary N) is 1. The molecule has 0 fully saturated rings. The smallest absolute Gasteiger partial charge is 0.326 e. The van der Waals surface area contributed by atoms with Gasteiger partial charge in [-0.1, -0.05) is 20.8 Å². The van der Waals surface area contributed by atoms with Crippen molar-refractivity contribution in [2.24, 2.45) is 5.41 Å². The predicted molar refractivity (Wildman–Crippen MR) is 68.5 cm³/mol. The van der Waals surface area contributed by atoms with Crippen molar-refractivity contribution in [2.75, 3.05) is 26.8 Å². The van der Waals surface area contributed by atoms with E-state index in [4.69, 9.17) is 9.84 Å². The van der Waals surface area contributed by atoms with E-state index < -0.39 is 23.5 Å². The molecule has 0 aromatic heterocycles. The third kappa shape index (κ3) is 5.86. The molecule has 106 valence electrons. The summed E-state index contributed by atoms with van der Waals surface area (Å²) >= 11 is 0. The van der Waals surface area contributed by atoms with E-state index in [2.05, 4.69) is 5.32 Å². The molecular formula is C12H24N2O4. The van der Waals surface area contributed by atoms with Crippen molar-refractivity contribution >= 4 is 12.0 Å². The van der Waals surface area contributed by atoms with Gasteiger partial charge in [0.05, 0.1) is 6.61 Å². The fourth-order valence-electron chi connectivity index (χ4n) is 1.33. The van der Waals surface area contributed by atoms with Gasteiger partial charge in [0, 0.05) is 20.2 Å². The van der Waals surface area contributed by atoms with Gasteiger partial charge in [-0.15, -0.1) is 0 Å². The van der Waals surface area contributed by atoms with Gasteiger partial charge >= 0.3 is 12.0 Å². The zero-order valence-electron chi connectivity index (χ0n) is 11.8. The molecule has 1 atom stereocenters. The van der Waals surface area contributed by atoms with Crippen LogP contribution in [0.4, 0.5) is 4.79 Å². The molecule has 6 nitrogen and oxygen atoms in total. The minimum absolute atomic E-state index is 0.406. The molecule has 0 radical (unpaired) electrons. The maximum absolute atomic E-state index is 11.8. The molecule has 0 heterocycles. The van der Waals surface area contributed by atoms with Gasteiger partial charge in [-0.05, 0) is 12.3 Å². The highest BCUT2D eigenvalue weighted by molar-refractivity contribution is 5.83. The maximum atomic E-state index is 11.8. The summed E-state index contributed by atoms with van der Waals surface area (Å²) in [5.74, 6) is -1.03. The lowest BCUT2D eigenvalue weighted by atomic mass is 9.87. The van der Waals surface area contributed by atoms with Crippen LogP contribution >= 0.6 is 0 Å². The highest BCUT2D eigenvalue weighted by atomic mass is 16.5. The number of likely N-dealkylation sites (N-methyl/N-ethyl adjacent to an activating group) is 1. The fraction of sp³-hybridized carbons (Fsp3) is 0.833. The molecule has 18 heavy (non-hydrogen) atoms. The van der Waals surface area contributed by atoms with Crippen LogP contribution in [0.3, 0.4) is 0 Å². The Balaban J connectivity index is 4.38. The van der Waals surface area contributed by atoms with E-state index in [1.165, 1.54) is 4.90 Å². The van der Waals surface area contributed by atoms with Crippen LogP contribution in [0.5, 0.6) is 0 Å². The monoisotopic (exact) mass is 260 g/mol. The van der Waals surface area contributed by atoms with Crippen LogP contribution in [-0.2, 0) is 9.53 Å². The van der Waals surface area contributed by atoms with Gasteiger partial charge in [0.2, 0.25) is 0 Å². The molecular weight excluding hydrogens is 236 g/mol. The van der Waals surface area contributed by atoms with Gasteiger partial charge in [0.1, 0.15) is 6.04 Å². The minimum atomic E-state index is -1.03. The first-order chi connectivity index (χ1) is 8.20. The molecule has 0 aromatic rings. The number of amides is 2. The SMILES string of the molecule is CCOCCN(C)C(=O)NC(C(=O)O)C(C)(C)C. The highest BCUT2D eigenvalue weighted by Gasteiger charge is 2.33. The van der Waals surface area contributed by atoms with Crippen LogP contribution in [0.25, 0.3) is 0 Å². The van der Waals surface area contributed by atoms with Gasteiger partial charge in [-0.25, -0.2) is 9.59 Å². The van der Waals surface area contributed by atoms with Crippen molar-refractivity contribution in [2.45, 2.75) is 33.7 Å². The quantitative estimate of drug-likeness (QED) is 0.702. The Kier molecular flexibility index (Phi) is 6.68. The van der Waals surface area contributed by atoms with E-state index in [1.54, 1.807) is 27.8 Å². The molecule has 0 aliphatic carbocycles. The number of carbonyl (C=O) groups is 2. The van der Waals surface area contributed by atoms with Crippen molar-refractivity contribution in [3.63, 3.8) is 0 Å². The van der Waals surface area contributed by atoms with E-state index in [1.807, 2.05) is 6.92 Å². The number of rotatable bonds is 6. The second-order valence-corrected chi connectivity index (χ2v) is 5.21. The molecule has 0 saturated carbocycles. The zero-order chi connectivity index (χ0) is 14.3. The number of hydrogen-bond acceptors (Lipinski definition) is 3. The number of carboxylic acids is 1. The molecule has 2 amide bonds. The van der Waals surface area contributed by atoms with E-state index >= 15 is 0 Å². The molecule has 0 bridgehead atoms. The summed E-state index contributed by atoms with van der Waals surface area (Å²) in [7, 11) is 1.61. The van der Waals surface area contributed by atoms with Crippen LogP contribution in [0, 0.1) is 5.41 Å². The zero-order valence-corrected chi connectivity index (χ0v) is 11.8. The van der Waals surface area contributed by atoms with Crippen LogP contribution in [0.2, 0.25) is 0 Å². The second kappa shape index (κ2) is 7.20. The van der Waals surface area contributed by atoms with Gasteiger partial charge in [-0.3, -0.25) is 0 Å². The summed E-state index contributed by atoms with van der Waals surface area (Å²) in [6.45, 7) is 8.64. The largest absolute Gasteiger partial charge is 0.480 e. The molecule has 2 N–H and O–H groups in total. The minimum Gasteiger partial charge on any atom is -0.480 e. The first-order valence-corrected chi connectivity index (χ1v) is 6.02. The molecule has 0 spiro atoms. The van der Waals surface area contributed by atoms with E-state index in [9.17, 15) is 9.59 Å². The Labute approximate surface area is 108 Å². The Morgan fingerprint density at radius 2 is 1.94 bits per heavy atom. The van der Waals surface area contributed by atoms with E-state index in [0.717, 1.165) is 0 Å². The second-order valence-electron chi connectivity index (χ2n) is 5.21. The fourth-order valence-corrected chi connectivity index (χ4v) is 1.33. The summed E-state index contributed by atoms with van der Waals surface area (Å²) in [6, 6.07) is -1.32. The Morgan fingerprint density at radius 3 is 2.33 bits per heavy atom. The molecule has 6 heteroatoms. The summed E-state index contributed by atoms with van der Waals surface area (Å²) in [6.07, 6.45) is 0. The summed E-state index contributed by atoms with van der Waals surface area (Å²) < 4.78 is 5.14. The third-order valence-corrected chi connectivity index (χ3v) is 2.50. The number of aliphatic carboxylic acids is 1. The first kappa shape index (κ1) is 16.7. The highest BCUT2D eigenvalue weighted by Crippen LogP contribution is 2.19. The lowest BCUT2D eigenvalue weighted by molar-refractivity contribution is -0.142. The average Bonchev–Trinajstić information content (AvgIpc) is 2.23. The number of carboxylic acid groups (broad SMARTS) is 1. The number of hydrogen-bond donors (Lipinski definition) is 2. The van der Waals surface area contributed by atoms with Gasteiger partial charge in [0.25, 0.3) is 0 Å². The van der Waals surface area contributed by atoms with Gasteiger partial charge in [0.15, 0.2) is 0 Å². The molecule has 0 aromatic carbocycles. The third-order valence-electron chi connectivity index (χ3n) is 2.50. The van der Waals surface area contributed by atoms with Crippen LogP contribution in [0.1, 0.15) is 27.7 Å². The molecule has 0 aliphatic rings. The van der Waals surface area contributed by atoms with Crippen LogP contribution in [-0.4, -0.2) is 54.9 Å². The number of urea groups is 1. The lowest BCUT2D eigenvalue weighted by Gasteiger charge is -2.29. The normalized spacial score (nSPS) is 12.9. The van der Waals surface area contributed by atoms with Crippen LogP contribution in [0.15, 0.2) is 0 Å². The lowest BCUT2D eigenvalue weighted by Crippen LogP contribution is -2.52. The molecule has 0 saturated heterocycles. The number of carbonyl (C=O) groups excluding carboxylic acids is 1. The van der Waals surface area contributed by atoms with Crippen molar-refractivity contribution < 1.29 is 19.4 Å². The predicted octanol–water partition coefficient (Wildman–Crippen LogP) is 1.16. The topological polar surface area (TPSA) is 78.9 Å². The summed E-state index contributed by atoms with van der Waals surface area (Å²) in [4.78, 5) is 24.3. The Hall–Kier alpha value is -1.30. The number of ether oxygens (including phenoxy) is 1. The van der Waals surface area contributed by atoms with Crippen molar-refractivity contribution in [3.8, 4) is 0 Å². The van der Waals surface area contributed by atoms with Gasteiger partial charge in [-0.2, -0.15) is 0 Å². The molecule has 0 aliphatic heterocycles. The molecule has 1 unspecified atom stereocenters. The number of nitrogens with zero attached hydrogens (tertiary/aromatic N) is 1. The van der Waals surface area contributed by atoms with E-state index in [0.29, 0.717) is 19.8 Å². The van der Waals surface area contributed by atoms with Crippen LogP contribution < -0.4 is 5.32 Å². The Bertz CT molecular complexity index is 286. The Morgan fingerprint density at radius 1 is 1.39 bits per heavy atom. The molecule has 0 rings (SSSR count). The van der Waals surface area contributed by atoms with Crippen molar-refractivity contribution in [1.29, 1.82) is 0 Å². The van der Waals surface area contributed by atoms with Crippen molar-refractivity contribution in [1.82, 2.24) is 10.2 Å². The summed E-state index contributed by atoms with van der Waals surface area (Å²) in [5, 5.41) is 11.6. The standard InChI is InChI=1S/C12H24N2O4/c1-6-18-8-7-14(5)11(17)13-9(10(15)16)12(2,3)4/h9H,6-8H2,1-5H3,(H,13,17)(H,15,16). The average molecular weight is 260 g/mol. The van der Waals surface area contributed by atoms with E-state index in [-0.39, 0.29) is 0 Å². The first-order valence-electron chi connectivity index (χ1n) is 6.02. The van der Waals surface area contributed by atoms with Crippen molar-refractivity contribution in [3.05, 3.63) is 0 Å².